The molecule has 1 saturated heterocycles. The van der Waals surface area contributed by atoms with Crippen molar-refractivity contribution in [2.75, 3.05) is 0 Å². The average Bonchev–Trinajstić information content (AvgIpc) is 2.06. The number of hydrogen-bond acceptors (Lipinski definition) is 4. The molecule has 0 aromatic heterocycles. The number of halogens is 4. The van der Waals surface area contributed by atoms with Gasteiger partial charge in [-0.2, -0.15) is 0 Å². The summed E-state index contributed by atoms with van der Waals surface area (Å²) in [5.74, 6) is -3.95. The largest absolute Gasteiger partial charge is 0.634 e. The highest BCUT2D eigenvalue weighted by atomic mass is 19.4. The van der Waals surface area contributed by atoms with Crippen LogP contribution < -0.4 is 0 Å². The fourth-order valence-corrected chi connectivity index (χ4v) is 0.529. The zero-order valence-electron chi connectivity index (χ0n) is 5.22. The monoisotopic (exact) mass is 187 g/mol. The maximum atomic E-state index is 12.4. The van der Waals surface area contributed by atoms with Crippen LogP contribution in [0, 0.1) is 0 Å². The quantitative estimate of drug-likeness (QED) is 0.306. The molecule has 0 bridgehead atoms. The lowest BCUT2D eigenvalue weighted by Gasteiger charge is -2.25. The zero-order valence-corrected chi connectivity index (χ0v) is 5.22. The summed E-state index contributed by atoms with van der Waals surface area (Å²) in [6, 6.07) is 0. The minimum atomic E-state index is -5.51. The van der Waals surface area contributed by atoms with Gasteiger partial charge >= 0.3 is 24.8 Å². The fraction of sp³-hybridized carbons (Fsp3) is 0.333. The maximum absolute atomic E-state index is 12.4. The average molecular weight is 187 g/mol. The van der Waals surface area contributed by atoms with Crippen molar-refractivity contribution < 1.29 is 36.4 Å². The summed E-state index contributed by atoms with van der Waals surface area (Å²) in [7, 11) is 0. The minimum Gasteiger partial charge on any atom is -0.616 e. The Hall–Kier alpha value is -1.28. The van der Waals surface area contributed by atoms with Crippen molar-refractivity contribution in [2.24, 2.45) is 0 Å². The van der Waals surface area contributed by atoms with Gasteiger partial charge in [0.25, 0.3) is 0 Å². The van der Waals surface area contributed by atoms with E-state index in [4.69, 9.17) is 0 Å². The third-order valence-corrected chi connectivity index (χ3v) is 1.07. The molecule has 0 aliphatic carbocycles. The second-order valence-electron chi connectivity index (χ2n) is 1.97. The summed E-state index contributed by atoms with van der Waals surface area (Å²) in [4.78, 5) is 20.0. The van der Waals surface area contributed by atoms with Gasteiger partial charge in [-0.05, 0) is 0 Å². The standard InChI is InChI=1S/C3BF4O4/c5-3(6,7)4(8)11-1(9)2(10)12-4/q-1. The Balaban J connectivity index is 2.91. The van der Waals surface area contributed by atoms with E-state index in [1.165, 1.54) is 0 Å². The van der Waals surface area contributed by atoms with Crippen molar-refractivity contribution in [3.8, 4) is 0 Å². The molecule has 4 nitrogen and oxygen atoms in total. The van der Waals surface area contributed by atoms with Gasteiger partial charge in [0.1, 0.15) is 0 Å². The first-order chi connectivity index (χ1) is 5.26. The van der Waals surface area contributed by atoms with Crippen LogP contribution in [0.2, 0.25) is 0 Å². The summed E-state index contributed by atoms with van der Waals surface area (Å²) in [5.41, 5.74) is 0. The molecule has 1 aliphatic heterocycles. The molecule has 0 unspecified atom stereocenters. The van der Waals surface area contributed by atoms with Crippen molar-refractivity contribution in [2.45, 2.75) is 6.08 Å². The molecule has 12 heavy (non-hydrogen) atoms. The third-order valence-electron chi connectivity index (χ3n) is 1.07. The van der Waals surface area contributed by atoms with E-state index in [0.29, 0.717) is 0 Å². The molecule has 0 radical (unpaired) electrons. The Morgan fingerprint density at radius 2 is 1.42 bits per heavy atom. The summed E-state index contributed by atoms with van der Waals surface area (Å²) >= 11 is 0. The van der Waals surface area contributed by atoms with E-state index < -0.39 is 24.8 Å². The van der Waals surface area contributed by atoms with Gasteiger partial charge < -0.3 is 13.6 Å². The van der Waals surface area contributed by atoms with E-state index in [-0.39, 0.29) is 0 Å². The summed E-state index contributed by atoms with van der Waals surface area (Å²) in [6.07, 6.45) is -5.51. The van der Waals surface area contributed by atoms with Gasteiger partial charge in [0.05, 0.1) is 0 Å². The Morgan fingerprint density at radius 1 is 1.08 bits per heavy atom. The van der Waals surface area contributed by atoms with Gasteiger partial charge in [0.15, 0.2) is 0 Å². The van der Waals surface area contributed by atoms with Crippen LogP contribution in [0.15, 0.2) is 0 Å². The molecule has 0 saturated carbocycles. The molecule has 1 rings (SSSR count). The number of alkyl halides is 3. The van der Waals surface area contributed by atoms with Crippen molar-refractivity contribution in [1.29, 1.82) is 0 Å². The Labute approximate surface area is 62.5 Å². The van der Waals surface area contributed by atoms with Crippen LogP contribution >= 0.6 is 0 Å². The molecule has 0 amide bonds. The molecular weight excluding hydrogens is 187 g/mol. The van der Waals surface area contributed by atoms with E-state index in [2.05, 4.69) is 9.31 Å². The topological polar surface area (TPSA) is 52.6 Å². The van der Waals surface area contributed by atoms with Gasteiger partial charge in [-0.3, -0.25) is 0 Å². The van der Waals surface area contributed by atoms with E-state index in [9.17, 15) is 27.1 Å². The van der Waals surface area contributed by atoms with Crippen molar-refractivity contribution in [3.05, 3.63) is 0 Å². The molecule has 1 fully saturated rings. The first-order valence-electron chi connectivity index (χ1n) is 2.61. The van der Waals surface area contributed by atoms with Crippen molar-refractivity contribution >= 4 is 18.8 Å². The Morgan fingerprint density at radius 3 is 1.58 bits per heavy atom. The number of rotatable bonds is 0. The molecule has 0 aromatic carbocycles. The van der Waals surface area contributed by atoms with Crippen molar-refractivity contribution in [1.82, 2.24) is 0 Å². The van der Waals surface area contributed by atoms with Crippen LogP contribution in [-0.4, -0.2) is 24.8 Å². The van der Waals surface area contributed by atoms with E-state index in [0.717, 1.165) is 0 Å². The fourth-order valence-electron chi connectivity index (χ4n) is 0.529. The lowest BCUT2D eigenvalue weighted by molar-refractivity contribution is -0.150. The molecule has 1 aliphatic rings. The van der Waals surface area contributed by atoms with Crippen LogP contribution in [0.4, 0.5) is 17.5 Å². The second-order valence-corrected chi connectivity index (χ2v) is 1.97. The summed E-state index contributed by atoms with van der Waals surface area (Å²) < 4.78 is 53.3. The first kappa shape index (κ1) is 8.82. The van der Waals surface area contributed by atoms with Gasteiger partial charge in [0.2, 0.25) is 0 Å². The molecule has 0 spiro atoms. The molecule has 1 heterocycles. The normalized spacial score (nSPS) is 22.0. The highest BCUT2D eigenvalue weighted by Crippen LogP contribution is 2.34. The van der Waals surface area contributed by atoms with Crippen LogP contribution in [0.3, 0.4) is 0 Å². The highest BCUT2D eigenvalue weighted by molar-refractivity contribution is 6.72. The smallest absolute Gasteiger partial charge is 0.616 e. The van der Waals surface area contributed by atoms with E-state index >= 15 is 0 Å². The van der Waals surface area contributed by atoms with Gasteiger partial charge in [-0.1, -0.05) is 0 Å². The highest BCUT2D eigenvalue weighted by Gasteiger charge is 2.65. The lowest BCUT2D eigenvalue weighted by Crippen LogP contribution is -2.48. The third kappa shape index (κ3) is 1.10. The van der Waals surface area contributed by atoms with Crippen LogP contribution in [-0.2, 0) is 18.9 Å². The SMILES string of the molecule is O=C1O[B-](F)(C(F)(F)F)OC1=O. The first-order valence-corrected chi connectivity index (χ1v) is 2.61. The van der Waals surface area contributed by atoms with Gasteiger partial charge in [-0.25, -0.2) is 22.8 Å². The number of hydrogen-bond donors (Lipinski definition) is 0. The van der Waals surface area contributed by atoms with Crippen LogP contribution in [0.5, 0.6) is 0 Å². The van der Waals surface area contributed by atoms with E-state index in [1.54, 1.807) is 0 Å². The Bertz CT molecular complexity index is 231. The molecule has 0 N–H and O–H groups in total. The molecule has 0 aromatic rings. The van der Waals surface area contributed by atoms with Crippen LogP contribution in [0.25, 0.3) is 0 Å². The van der Waals surface area contributed by atoms with Gasteiger partial charge in [-0.15, -0.1) is 0 Å². The van der Waals surface area contributed by atoms with Crippen LogP contribution in [0.1, 0.15) is 0 Å². The minimum absolute atomic E-state index is 1.98. The second kappa shape index (κ2) is 2.11. The summed E-state index contributed by atoms with van der Waals surface area (Å²) in [6.45, 7) is -5.29. The molecular formula is C3BF4O4-. The molecule has 9 heteroatoms. The predicted octanol–water partition coefficient (Wildman–Crippen LogP) is 0.0963. The number of carbonyl (C=O) groups excluding carboxylic acids is 2. The zero-order chi connectivity index (χ0) is 9.57. The van der Waals surface area contributed by atoms with Crippen molar-refractivity contribution in [3.63, 3.8) is 0 Å². The molecule has 68 valence electrons. The Kier molecular flexibility index (Phi) is 1.55. The lowest BCUT2D eigenvalue weighted by atomic mass is 9.82. The van der Waals surface area contributed by atoms with Gasteiger partial charge in [0, 0.05) is 0 Å². The maximum Gasteiger partial charge on any atom is 0.634 e. The molecule has 0 atom stereocenters. The number of carbonyl (C=O) groups is 2. The van der Waals surface area contributed by atoms with E-state index in [1.807, 2.05) is 0 Å². The predicted molar refractivity (Wildman–Crippen MR) is 25.1 cm³/mol. The summed E-state index contributed by atoms with van der Waals surface area (Å²) in [5, 5.41) is 0.